The van der Waals surface area contributed by atoms with Gasteiger partial charge in [-0.1, -0.05) is 18.2 Å². The summed E-state index contributed by atoms with van der Waals surface area (Å²) in [5, 5.41) is 4.88. The Morgan fingerprint density at radius 3 is 2.83 bits per heavy atom. The van der Waals surface area contributed by atoms with E-state index in [0.717, 1.165) is 18.8 Å². The maximum Gasteiger partial charge on any atom is 0.285 e. The molecule has 1 aromatic carbocycles. The first kappa shape index (κ1) is 16.7. The number of nitrogens with one attached hydrogen (secondary N) is 2. The summed E-state index contributed by atoms with van der Waals surface area (Å²) in [6.45, 7) is 5.79. The highest BCUT2D eigenvalue weighted by molar-refractivity contribution is 7.09. The van der Waals surface area contributed by atoms with Gasteiger partial charge in [0.05, 0.1) is 22.8 Å². The Kier molecular flexibility index (Phi) is 4.97. The van der Waals surface area contributed by atoms with Crippen LogP contribution >= 0.6 is 11.3 Å². The summed E-state index contributed by atoms with van der Waals surface area (Å²) in [4.78, 5) is 29.1. The van der Waals surface area contributed by atoms with Crippen LogP contribution in [-0.2, 0) is 16.1 Å². The second kappa shape index (κ2) is 7.15. The number of anilines is 2. The molecule has 2 heterocycles. The average Bonchev–Trinajstić information content (AvgIpc) is 3.10. The fraction of sp³-hybridized carbons (Fsp3) is 0.333. The third-order valence-electron chi connectivity index (χ3n) is 4.46. The Labute approximate surface area is 145 Å². The molecular weight excluding hydrogens is 322 g/mol. The van der Waals surface area contributed by atoms with Crippen LogP contribution in [-0.4, -0.2) is 30.9 Å². The molecule has 2 aromatic rings. The van der Waals surface area contributed by atoms with Crippen molar-refractivity contribution in [1.29, 1.82) is 0 Å². The van der Waals surface area contributed by atoms with Gasteiger partial charge in [0.2, 0.25) is 5.91 Å². The predicted molar refractivity (Wildman–Crippen MR) is 96.4 cm³/mol. The maximum atomic E-state index is 13.1. The summed E-state index contributed by atoms with van der Waals surface area (Å²) >= 11 is 1.71. The number of quaternary nitrogens is 1. The van der Waals surface area contributed by atoms with Crippen molar-refractivity contribution < 1.29 is 14.5 Å². The lowest BCUT2D eigenvalue weighted by Gasteiger charge is -2.33. The topological polar surface area (TPSA) is 53.9 Å². The van der Waals surface area contributed by atoms with E-state index in [9.17, 15) is 9.59 Å². The highest BCUT2D eigenvalue weighted by atomic mass is 32.1. The number of rotatable bonds is 5. The van der Waals surface area contributed by atoms with Crippen LogP contribution in [0.3, 0.4) is 0 Å². The third-order valence-corrected chi connectivity index (χ3v) is 5.33. The van der Waals surface area contributed by atoms with Crippen LogP contribution in [0.5, 0.6) is 0 Å². The first-order valence-electron chi connectivity index (χ1n) is 8.17. The van der Waals surface area contributed by atoms with Gasteiger partial charge in [0, 0.05) is 0 Å². The molecule has 24 heavy (non-hydrogen) atoms. The van der Waals surface area contributed by atoms with Crippen LogP contribution in [0.25, 0.3) is 0 Å². The van der Waals surface area contributed by atoms with Crippen molar-refractivity contribution in [3.8, 4) is 0 Å². The van der Waals surface area contributed by atoms with E-state index in [2.05, 4.69) is 23.7 Å². The second-order valence-corrected chi connectivity index (χ2v) is 7.01. The first-order valence-corrected chi connectivity index (χ1v) is 9.05. The Bertz CT molecular complexity index is 730. The van der Waals surface area contributed by atoms with Crippen LogP contribution < -0.4 is 15.1 Å². The molecule has 0 saturated heterocycles. The zero-order chi connectivity index (χ0) is 17.1. The summed E-state index contributed by atoms with van der Waals surface area (Å²) in [5.41, 5.74) is 1.48. The lowest BCUT2D eigenvalue weighted by atomic mass is 10.1. The molecule has 0 saturated carbocycles. The summed E-state index contributed by atoms with van der Waals surface area (Å²) < 4.78 is 0. The molecule has 1 aliphatic rings. The molecule has 6 heteroatoms. The van der Waals surface area contributed by atoms with Gasteiger partial charge in [-0.05, 0) is 37.4 Å². The monoisotopic (exact) mass is 344 g/mol. The molecule has 0 aliphatic carbocycles. The van der Waals surface area contributed by atoms with E-state index >= 15 is 0 Å². The number of thiophene rings is 1. The van der Waals surface area contributed by atoms with Crippen LogP contribution in [0.1, 0.15) is 18.7 Å². The van der Waals surface area contributed by atoms with E-state index in [0.29, 0.717) is 5.69 Å². The minimum absolute atomic E-state index is 0.00861. The SMILES string of the molecule is CC[NH+](Cc1cccs1)[C@@H](C)C(=O)N1CC(=O)Nc2ccccc21. The molecule has 0 bridgehead atoms. The van der Waals surface area contributed by atoms with Gasteiger partial charge in [-0.15, -0.1) is 11.3 Å². The molecule has 5 nitrogen and oxygen atoms in total. The number of carbonyl (C=O) groups is 2. The van der Waals surface area contributed by atoms with Gasteiger partial charge in [0.25, 0.3) is 5.91 Å². The highest BCUT2D eigenvalue weighted by Crippen LogP contribution is 2.29. The number of fused-ring (bicyclic) bond motifs is 1. The highest BCUT2D eigenvalue weighted by Gasteiger charge is 2.34. The first-order chi connectivity index (χ1) is 11.6. The molecular formula is C18H22N3O2S+. The van der Waals surface area contributed by atoms with Gasteiger partial charge in [-0.2, -0.15) is 0 Å². The quantitative estimate of drug-likeness (QED) is 0.864. The lowest BCUT2D eigenvalue weighted by molar-refractivity contribution is -0.925. The fourth-order valence-corrected chi connectivity index (χ4v) is 3.82. The van der Waals surface area contributed by atoms with Gasteiger partial charge in [-0.3, -0.25) is 14.5 Å². The average molecular weight is 344 g/mol. The molecule has 1 unspecified atom stereocenters. The summed E-state index contributed by atoms with van der Waals surface area (Å²) in [6.07, 6.45) is 0. The lowest BCUT2D eigenvalue weighted by Crippen LogP contribution is -3.15. The van der Waals surface area contributed by atoms with Crippen molar-refractivity contribution in [2.75, 3.05) is 23.3 Å². The van der Waals surface area contributed by atoms with Crippen molar-refractivity contribution in [3.05, 3.63) is 46.7 Å². The normalized spacial score (nSPS) is 16.2. The molecule has 1 aliphatic heterocycles. The Hall–Kier alpha value is -2.18. The zero-order valence-electron chi connectivity index (χ0n) is 13.9. The fourth-order valence-electron chi connectivity index (χ4n) is 3.06. The molecule has 2 amide bonds. The Morgan fingerprint density at radius 1 is 1.33 bits per heavy atom. The van der Waals surface area contributed by atoms with Crippen molar-refractivity contribution in [2.45, 2.75) is 26.4 Å². The summed E-state index contributed by atoms with van der Waals surface area (Å²) in [5.74, 6) is -0.156. The summed E-state index contributed by atoms with van der Waals surface area (Å²) in [6, 6.07) is 11.4. The van der Waals surface area contributed by atoms with Crippen LogP contribution in [0.2, 0.25) is 0 Å². The van der Waals surface area contributed by atoms with Crippen LogP contribution in [0.15, 0.2) is 41.8 Å². The van der Waals surface area contributed by atoms with Gasteiger partial charge >= 0.3 is 0 Å². The number of likely N-dealkylation sites (N-methyl/N-ethyl adjacent to an activating group) is 1. The second-order valence-electron chi connectivity index (χ2n) is 5.98. The van der Waals surface area contributed by atoms with E-state index in [1.165, 1.54) is 9.78 Å². The molecule has 3 rings (SSSR count). The number of para-hydroxylation sites is 2. The smallest absolute Gasteiger partial charge is 0.285 e. The molecule has 126 valence electrons. The molecule has 2 N–H and O–H groups in total. The number of nitrogens with zero attached hydrogens (tertiary/aromatic N) is 1. The van der Waals surface area contributed by atoms with E-state index < -0.39 is 0 Å². The van der Waals surface area contributed by atoms with Gasteiger partial charge < -0.3 is 10.2 Å². The van der Waals surface area contributed by atoms with Crippen molar-refractivity contribution in [3.63, 3.8) is 0 Å². The van der Waals surface area contributed by atoms with Gasteiger partial charge in [0.15, 0.2) is 6.04 Å². The van der Waals surface area contributed by atoms with Crippen molar-refractivity contribution in [2.24, 2.45) is 0 Å². The van der Waals surface area contributed by atoms with E-state index in [1.54, 1.807) is 16.2 Å². The van der Waals surface area contributed by atoms with Gasteiger partial charge in [0.1, 0.15) is 13.1 Å². The predicted octanol–water partition coefficient (Wildman–Crippen LogP) is 1.53. The molecule has 0 radical (unpaired) electrons. The van der Waals surface area contributed by atoms with Gasteiger partial charge in [-0.25, -0.2) is 0 Å². The van der Waals surface area contributed by atoms with E-state index in [4.69, 9.17) is 0 Å². The number of benzene rings is 1. The van der Waals surface area contributed by atoms with Crippen molar-refractivity contribution >= 4 is 34.5 Å². The maximum absolute atomic E-state index is 13.1. The molecule has 1 aromatic heterocycles. The minimum atomic E-state index is -0.212. The number of hydrogen-bond donors (Lipinski definition) is 2. The number of carbonyl (C=O) groups excluding carboxylic acids is 2. The number of hydrogen-bond acceptors (Lipinski definition) is 3. The molecule has 0 fully saturated rings. The minimum Gasteiger partial charge on any atom is -0.323 e. The van der Waals surface area contributed by atoms with Crippen LogP contribution in [0.4, 0.5) is 11.4 Å². The van der Waals surface area contributed by atoms with Crippen LogP contribution in [0, 0.1) is 0 Å². The van der Waals surface area contributed by atoms with Crippen molar-refractivity contribution in [1.82, 2.24) is 0 Å². The third kappa shape index (κ3) is 3.34. The Balaban J connectivity index is 1.81. The number of amides is 2. The molecule has 2 atom stereocenters. The molecule has 0 spiro atoms. The zero-order valence-corrected chi connectivity index (χ0v) is 14.7. The standard InChI is InChI=1S/C18H21N3O2S/c1-3-20(11-14-7-6-10-24-14)13(2)18(23)21-12-17(22)19-15-8-4-5-9-16(15)21/h4-10,13H,3,11-12H2,1-2H3,(H,19,22)/p+1/t13-/m0/s1. The largest absolute Gasteiger partial charge is 0.323 e. The van der Waals surface area contributed by atoms with E-state index in [-0.39, 0.29) is 24.4 Å². The summed E-state index contributed by atoms with van der Waals surface area (Å²) in [7, 11) is 0. The van der Waals surface area contributed by atoms with E-state index in [1.807, 2.05) is 37.3 Å². The Morgan fingerprint density at radius 2 is 2.12 bits per heavy atom.